The van der Waals surface area contributed by atoms with Crippen LogP contribution in [0.5, 0.6) is 5.88 Å². The average molecular weight is 504 g/mol. The summed E-state index contributed by atoms with van der Waals surface area (Å²) in [6.45, 7) is 7.33. The summed E-state index contributed by atoms with van der Waals surface area (Å²) in [4.78, 5) is 29.5. The topological polar surface area (TPSA) is 90.1 Å². The second-order valence-corrected chi connectivity index (χ2v) is 9.62. The largest absolute Gasteiger partial charge is 0.473 e. The van der Waals surface area contributed by atoms with Gasteiger partial charge in [-0.2, -0.15) is 9.97 Å². The van der Waals surface area contributed by atoms with Gasteiger partial charge in [-0.15, -0.1) is 6.58 Å². The Labute approximate surface area is 213 Å². The summed E-state index contributed by atoms with van der Waals surface area (Å²) in [5.74, 6) is 1.99. The van der Waals surface area contributed by atoms with Crippen molar-refractivity contribution >= 4 is 34.3 Å². The van der Waals surface area contributed by atoms with Crippen molar-refractivity contribution in [3.8, 4) is 11.7 Å². The van der Waals surface area contributed by atoms with Gasteiger partial charge in [0.05, 0.1) is 6.54 Å². The molecule has 0 spiro atoms. The molecule has 3 aliphatic rings. The van der Waals surface area contributed by atoms with Crippen molar-refractivity contribution in [2.24, 2.45) is 5.92 Å². The minimum absolute atomic E-state index is 0.129. The number of hydrogen-bond donors (Lipinski definition) is 1. The number of nitrogens with one attached hydrogen (secondary N) is 1. The maximum atomic E-state index is 13.2. The number of rotatable bonds is 7. The minimum Gasteiger partial charge on any atom is -0.473 e. The number of aromatic nitrogens is 5. The lowest BCUT2D eigenvalue weighted by atomic mass is 9.86. The van der Waals surface area contributed by atoms with E-state index in [2.05, 4.69) is 26.8 Å². The van der Waals surface area contributed by atoms with Crippen LogP contribution in [0.15, 0.2) is 66.1 Å². The summed E-state index contributed by atoms with van der Waals surface area (Å²) < 4.78 is 9.61. The summed E-state index contributed by atoms with van der Waals surface area (Å²) >= 11 is 6.00. The molecule has 1 atom stereocenters. The molecule has 3 fully saturated rings. The van der Waals surface area contributed by atoms with Gasteiger partial charge >= 0.3 is 0 Å². The fourth-order valence-corrected chi connectivity index (χ4v) is 5.18. The lowest BCUT2D eigenvalue weighted by Crippen LogP contribution is -2.52. The Balaban J connectivity index is 1.38. The van der Waals surface area contributed by atoms with Crippen molar-refractivity contribution in [2.45, 2.75) is 25.5 Å². The molecule has 0 saturated carbocycles. The van der Waals surface area contributed by atoms with Gasteiger partial charge in [0.1, 0.15) is 11.5 Å². The van der Waals surface area contributed by atoms with Crippen LogP contribution in [-0.4, -0.2) is 55.0 Å². The molecule has 10 heteroatoms. The Morgan fingerprint density at radius 2 is 1.94 bits per heavy atom. The van der Waals surface area contributed by atoms with Crippen molar-refractivity contribution < 1.29 is 4.74 Å². The van der Waals surface area contributed by atoms with E-state index >= 15 is 0 Å². The Morgan fingerprint density at radius 3 is 2.67 bits per heavy atom. The van der Waals surface area contributed by atoms with Gasteiger partial charge in [0, 0.05) is 29.5 Å². The number of hydrogen-bond acceptors (Lipinski definition) is 7. The number of allylic oxidation sites excluding steroid dienone is 1. The van der Waals surface area contributed by atoms with E-state index in [0.29, 0.717) is 46.2 Å². The van der Waals surface area contributed by atoms with Gasteiger partial charge < -0.3 is 10.1 Å². The molecule has 2 bridgehead atoms. The molecular formula is C26H26ClN7O2. The van der Waals surface area contributed by atoms with Crippen LogP contribution in [0.25, 0.3) is 16.9 Å². The lowest BCUT2D eigenvalue weighted by Gasteiger charge is -2.44. The molecule has 0 amide bonds. The monoisotopic (exact) mass is 503 g/mol. The van der Waals surface area contributed by atoms with Gasteiger partial charge in [-0.1, -0.05) is 23.7 Å². The second-order valence-electron chi connectivity index (χ2n) is 9.18. The zero-order valence-corrected chi connectivity index (χ0v) is 20.4. The Kier molecular flexibility index (Phi) is 5.94. The number of halogens is 1. The van der Waals surface area contributed by atoms with E-state index in [9.17, 15) is 4.79 Å². The number of ether oxygens (including phenoxy) is 1. The maximum absolute atomic E-state index is 13.2. The van der Waals surface area contributed by atoms with Gasteiger partial charge in [-0.3, -0.25) is 9.69 Å². The predicted octanol–water partition coefficient (Wildman–Crippen LogP) is 4.03. The number of piperidine rings is 3. The molecule has 7 rings (SSSR count). The molecule has 3 aromatic heterocycles. The van der Waals surface area contributed by atoms with Crippen LogP contribution in [0.4, 0.5) is 11.6 Å². The minimum atomic E-state index is -0.214. The van der Waals surface area contributed by atoms with Crippen molar-refractivity contribution in [1.29, 1.82) is 0 Å². The predicted molar refractivity (Wildman–Crippen MR) is 139 cm³/mol. The molecular weight excluding hydrogens is 478 g/mol. The lowest BCUT2D eigenvalue weighted by molar-refractivity contribution is -0.00994. The van der Waals surface area contributed by atoms with E-state index in [-0.39, 0.29) is 11.7 Å². The Bertz CT molecular complexity index is 1470. The van der Waals surface area contributed by atoms with E-state index < -0.39 is 0 Å². The fraction of sp³-hybridized carbons (Fsp3) is 0.308. The van der Waals surface area contributed by atoms with E-state index in [0.717, 1.165) is 38.2 Å². The Hall–Kier alpha value is -3.69. The first-order chi connectivity index (χ1) is 17.6. The van der Waals surface area contributed by atoms with Crippen LogP contribution >= 0.6 is 11.6 Å². The number of benzene rings is 1. The van der Waals surface area contributed by atoms with Gasteiger partial charge in [-0.25, -0.2) is 14.3 Å². The third-order valence-electron chi connectivity index (χ3n) is 6.87. The third-order valence-corrected chi connectivity index (χ3v) is 7.12. The SMILES string of the molecule is C=CCn1c(=O)c2cnc(Nc3ccc(Cl)cc3)nc2n1-c1cccc(O[C@H]2CN3CCC2CC3)n1. The molecule has 36 heavy (non-hydrogen) atoms. The quantitative estimate of drug-likeness (QED) is 0.381. The van der Waals surface area contributed by atoms with Gasteiger partial charge in [-0.05, 0) is 62.2 Å². The summed E-state index contributed by atoms with van der Waals surface area (Å²) in [6.07, 6.45) is 5.65. The molecule has 1 N–H and O–H groups in total. The molecule has 3 saturated heterocycles. The molecule has 4 aromatic rings. The van der Waals surface area contributed by atoms with Crippen molar-refractivity contribution in [3.05, 3.63) is 76.7 Å². The standard InChI is InChI=1S/C26H26ClN7O2/c1-2-12-33-25(35)20-15-28-26(29-19-8-6-18(27)7-9-19)31-24(20)34(33)22-4-3-5-23(30-22)36-21-16-32-13-10-17(21)11-14-32/h2-9,15,17,21H,1,10-14,16H2,(H,28,29,31)/t21-/m0/s1. The third kappa shape index (κ3) is 4.25. The smallest absolute Gasteiger partial charge is 0.278 e. The molecule has 0 aliphatic carbocycles. The highest BCUT2D eigenvalue weighted by molar-refractivity contribution is 6.30. The highest BCUT2D eigenvalue weighted by Gasteiger charge is 2.35. The second kappa shape index (κ2) is 9.40. The molecule has 6 heterocycles. The Morgan fingerprint density at radius 1 is 1.14 bits per heavy atom. The highest BCUT2D eigenvalue weighted by atomic mass is 35.5. The summed E-state index contributed by atoms with van der Waals surface area (Å²) in [5, 5.41) is 4.20. The molecule has 1 aromatic carbocycles. The van der Waals surface area contributed by atoms with Gasteiger partial charge in [0.2, 0.25) is 11.8 Å². The zero-order chi connectivity index (χ0) is 24.6. The van der Waals surface area contributed by atoms with Crippen molar-refractivity contribution in [2.75, 3.05) is 25.0 Å². The average Bonchev–Trinajstić information content (AvgIpc) is 3.17. The van der Waals surface area contributed by atoms with E-state index in [1.165, 1.54) is 6.20 Å². The van der Waals surface area contributed by atoms with Crippen LogP contribution in [0.1, 0.15) is 12.8 Å². The molecule has 3 aliphatic heterocycles. The van der Waals surface area contributed by atoms with Crippen molar-refractivity contribution in [3.63, 3.8) is 0 Å². The first kappa shape index (κ1) is 22.8. The fourth-order valence-electron chi connectivity index (χ4n) is 5.06. The molecule has 0 radical (unpaired) electrons. The molecule has 184 valence electrons. The normalized spacial score (nSPS) is 21.0. The van der Waals surface area contributed by atoms with Gasteiger partial charge in [0.15, 0.2) is 11.5 Å². The van der Waals surface area contributed by atoms with Crippen LogP contribution in [0.3, 0.4) is 0 Å². The molecule has 0 unspecified atom stereocenters. The van der Waals surface area contributed by atoms with Crippen molar-refractivity contribution in [1.82, 2.24) is 29.2 Å². The highest BCUT2D eigenvalue weighted by Crippen LogP contribution is 2.30. The van der Waals surface area contributed by atoms with Crippen LogP contribution in [0, 0.1) is 5.92 Å². The van der Waals surface area contributed by atoms with Crippen LogP contribution < -0.4 is 15.6 Å². The van der Waals surface area contributed by atoms with E-state index in [4.69, 9.17) is 21.3 Å². The molecule has 9 nitrogen and oxygen atoms in total. The van der Waals surface area contributed by atoms with E-state index in [1.807, 2.05) is 30.3 Å². The first-order valence-electron chi connectivity index (χ1n) is 12.1. The zero-order valence-electron chi connectivity index (χ0n) is 19.7. The van der Waals surface area contributed by atoms with Crippen LogP contribution in [0.2, 0.25) is 5.02 Å². The summed E-state index contributed by atoms with van der Waals surface area (Å²) in [7, 11) is 0. The summed E-state index contributed by atoms with van der Waals surface area (Å²) in [5.41, 5.74) is 1.01. The van der Waals surface area contributed by atoms with Gasteiger partial charge in [0.25, 0.3) is 5.56 Å². The number of nitrogens with zero attached hydrogens (tertiary/aromatic N) is 6. The number of anilines is 2. The summed E-state index contributed by atoms with van der Waals surface area (Å²) in [6, 6.07) is 12.8. The van der Waals surface area contributed by atoms with E-state index in [1.54, 1.807) is 27.6 Å². The van der Waals surface area contributed by atoms with Crippen LogP contribution in [-0.2, 0) is 6.54 Å². The maximum Gasteiger partial charge on any atom is 0.278 e. The number of pyridine rings is 1. The first-order valence-corrected chi connectivity index (χ1v) is 12.5. The number of fused-ring (bicyclic) bond motifs is 4.